The number of benzene rings is 1. The van der Waals surface area contributed by atoms with Crippen molar-refractivity contribution in [3.63, 3.8) is 0 Å². The van der Waals surface area contributed by atoms with Gasteiger partial charge in [0.2, 0.25) is 0 Å². The van der Waals surface area contributed by atoms with E-state index in [0.717, 1.165) is 76.8 Å². The van der Waals surface area contributed by atoms with Crippen LogP contribution < -0.4 is 10.1 Å². The number of rotatable bonds is 7. The second-order valence-corrected chi connectivity index (χ2v) is 7.90. The molecule has 0 saturated carbocycles. The van der Waals surface area contributed by atoms with Gasteiger partial charge in [-0.2, -0.15) is 0 Å². The highest BCUT2D eigenvalue weighted by molar-refractivity contribution is 5.80. The molecule has 0 atom stereocenters. The summed E-state index contributed by atoms with van der Waals surface area (Å²) in [5, 5.41) is 3.43. The molecule has 2 aliphatic heterocycles. The van der Waals surface area contributed by atoms with Gasteiger partial charge >= 0.3 is 0 Å². The topological polar surface area (TPSA) is 58.6 Å². The van der Waals surface area contributed by atoms with Crippen molar-refractivity contribution in [1.29, 1.82) is 0 Å². The summed E-state index contributed by atoms with van der Waals surface area (Å²) in [7, 11) is 3.26. The van der Waals surface area contributed by atoms with Crippen molar-refractivity contribution in [3.05, 3.63) is 29.6 Å². The number of nitrogens with zero attached hydrogens (tertiary/aromatic N) is 3. The van der Waals surface area contributed by atoms with E-state index in [1.54, 1.807) is 19.2 Å². The standard InChI is InChI=1S/C22H35FN4O3/c1-4-24-21(25-17-22(29-3)7-13-30-14-8-22)27-11-9-26(10-12-27)16-18-5-6-20(28-2)19(23)15-18/h5-6,15H,4,7-14,16-17H2,1-3H3,(H,24,25). The molecule has 0 amide bonds. The zero-order chi connectivity index (χ0) is 21.4. The van der Waals surface area contributed by atoms with E-state index in [1.165, 1.54) is 7.11 Å². The Bertz CT molecular complexity index is 702. The largest absolute Gasteiger partial charge is 0.494 e. The van der Waals surface area contributed by atoms with Gasteiger partial charge in [0.25, 0.3) is 0 Å². The molecule has 8 heteroatoms. The molecule has 0 unspecified atom stereocenters. The van der Waals surface area contributed by atoms with Crippen LogP contribution in [0.2, 0.25) is 0 Å². The molecule has 2 aliphatic rings. The zero-order valence-corrected chi connectivity index (χ0v) is 18.5. The molecule has 1 aromatic carbocycles. The molecule has 30 heavy (non-hydrogen) atoms. The number of hydrogen-bond acceptors (Lipinski definition) is 5. The van der Waals surface area contributed by atoms with Crippen LogP contribution in [0, 0.1) is 5.82 Å². The van der Waals surface area contributed by atoms with Gasteiger partial charge in [-0.05, 0) is 24.6 Å². The fourth-order valence-corrected chi connectivity index (χ4v) is 4.00. The highest BCUT2D eigenvalue weighted by Crippen LogP contribution is 2.25. The number of aliphatic imine (C=N–C) groups is 1. The van der Waals surface area contributed by atoms with Crippen LogP contribution in [0.15, 0.2) is 23.2 Å². The first kappa shape index (κ1) is 22.8. The van der Waals surface area contributed by atoms with Crippen LogP contribution in [0.25, 0.3) is 0 Å². The lowest BCUT2D eigenvalue weighted by Crippen LogP contribution is -2.52. The lowest BCUT2D eigenvalue weighted by Gasteiger charge is -2.38. The van der Waals surface area contributed by atoms with E-state index in [9.17, 15) is 4.39 Å². The monoisotopic (exact) mass is 422 g/mol. The van der Waals surface area contributed by atoms with Crippen LogP contribution in [0.1, 0.15) is 25.3 Å². The zero-order valence-electron chi connectivity index (χ0n) is 18.5. The number of methoxy groups -OCH3 is 2. The minimum atomic E-state index is -0.310. The van der Waals surface area contributed by atoms with Crippen LogP contribution in [0.4, 0.5) is 4.39 Å². The van der Waals surface area contributed by atoms with Crippen LogP contribution in [-0.2, 0) is 16.0 Å². The summed E-state index contributed by atoms with van der Waals surface area (Å²) in [5.41, 5.74) is 0.739. The lowest BCUT2D eigenvalue weighted by atomic mass is 9.94. The highest BCUT2D eigenvalue weighted by atomic mass is 19.1. The van der Waals surface area contributed by atoms with Crippen molar-refractivity contribution in [2.24, 2.45) is 4.99 Å². The van der Waals surface area contributed by atoms with E-state index in [0.29, 0.717) is 6.54 Å². The lowest BCUT2D eigenvalue weighted by molar-refractivity contribution is -0.0829. The van der Waals surface area contributed by atoms with Crippen molar-refractivity contribution >= 4 is 5.96 Å². The van der Waals surface area contributed by atoms with Crippen molar-refractivity contribution in [1.82, 2.24) is 15.1 Å². The SMILES string of the molecule is CCNC(=NCC1(OC)CCOCC1)N1CCN(Cc2ccc(OC)c(F)c2)CC1. The molecule has 0 bridgehead atoms. The van der Waals surface area contributed by atoms with Crippen LogP contribution in [-0.4, -0.2) is 88.1 Å². The predicted octanol–water partition coefficient (Wildman–Crippen LogP) is 2.11. The smallest absolute Gasteiger partial charge is 0.194 e. The maximum Gasteiger partial charge on any atom is 0.194 e. The molecule has 2 saturated heterocycles. The Morgan fingerprint density at radius 3 is 2.53 bits per heavy atom. The summed E-state index contributed by atoms with van der Waals surface area (Å²) >= 11 is 0. The summed E-state index contributed by atoms with van der Waals surface area (Å²) < 4.78 is 30.3. The van der Waals surface area contributed by atoms with Crippen molar-refractivity contribution in [2.45, 2.75) is 31.9 Å². The van der Waals surface area contributed by atoms with E-state index in [4.69, 9.17) is 19.2 Å². The maximum atomic E-state index is 14.0. The Balaban J connectivity index is 1.56. The van der Waals surface area contributed by atoms with Crippen LogP contribution in [0.5, 0.6) is 5.75 Å². The highest BCUT2D eigenvalue weighted by Gasteiger charge is 2.33. The van der Waals surface area contributed by atoms with Gasteiger partial charge < -0.3 is 24.4 Å². The molecule has 1 aromatic rings. The number of piperazine rings is 1. The van der Waals surface area contributed by atoms with Gasteiger partial charge in [0.05, 0.1) is 19.3 Å². The first-order valence-corrected chi connectivity index (χ1v) is 10.8. The second kappa shape index (κ2) is 10.9. The van der Waals surface area contributed by atoms with E-state index in [1.807, 2.05) is 6.07 Å². The van der Waals surface area contributed by atoms with Crippen molar-refractivity contribution in [3.8, 4) is 5.75 Å². The third-order valence-corrected chi connectivity index (χ3v) is 5.98. The van der Waals surface area contributed by atoms with Crippen LogP contribution in [0.3, 0.4) is 0 Å². The summed E-state index contributed by atoms with van der Waals surface area (Å²) in [6.45, 7) is 9.31. The van der Waals surface area contributed by atoms with E-state index in [-0.39, 0.29) is 17.2 Å². The summed E-state index contributed by atoms with van der Waals surface area (Å²) in [6.07, 6.45) is 1.75. The molecule has 0 aromatic heterocycles. The fourth-order valence-electron chi connectivity index (χ4n) is 4.00. The van der Waals surface area contributed by atoms with Gasteiger partial charge in [0, 0.05) is 72.4 Å². The minimum Gasteiger partial charge on any atom is -0.494 e. The van der Waals surface area contributed by atoms with Crippen molar-refractivity contribution in [2.75, 3.05) is 66.7 Å². The van der Waals surface area contributed by atoms with Gasteiger partial charge in [-0.3, -0.25) is 9.89 Å². The fraction of sp³-hybridized carbons (Fsp3) is 0.682. The molecule has 7 nitrogen and oxygen atoms in total. The average molecular weight is 423 g/mol. The molecule has 0 aliphatic carbocycles. The molecule has 2 heterocycles. The maximum absolute atomic E-state index is 14.0. The summed E-state index contributed by atoms with van der Waals surface area (Å²) in [4.78, 5) is 9.56. The number of halogens is 1. The van der Waals surface area contributed by atoms with Crippen LogP contribution >= 0.6 is 0 Å². The van der Waals surface area contributed by atoms with Gasteiger partial charge in [0.15, 0.2) is 17.5 Å². The molecule has 0 spiro atoms. The number of ether oxygens (including phenoxy) is 3. The van der Waals surface area contributed by atoms with Gasteiger partial charge in [-0.15, -0.1) is 0 Å². The Kier molecular flexibility index (Phi) is 8.30. The summed E-state index contributed by atoms with van der Waals surface area (Å²) in [5.74, 6) is 0.916. The number of hydrogen-bond donors (Lipinski definition) is 1. The number of guanidine groups is 1. The molecule has 3 rings (SSSR count). The van der Waals surface area contributed by atoms with Crippen molar-refractivity contribution < 1.29 is 18.6 Å². The van der Waals surface area contributed by atoms with Gasteiger partial charge in [-0.1, -0.05) is 6.07 Å². The van der Waals surface area contributed by atoms with E-state index < -0.39 is 0 Å². The Labute approximate surface area is 179 Å². The van der Waals surface area contributed by atoms with Gasteiger partial charge in [0.1, 0.15) is 0 Å². The molecular weight excluding hydrogens is 387 g/mol. The van der Waals surface area contributed by atoms with E-state index in [2.05, 4.69) is 22.0 Å². The Morgan fingerprint density at radius 1 is 1.20 bits per heavy atom. The molecule has 1 N–H and O–H groups in total. The van der Waals surface area contributed by atoms with E-state index >= 15 is 0 Å². The number of nitrogens with one attached hydrogen (secondary N) is 1. The first-order valence-electron chi connectivity index (χ1n) is 10.8. The minimum absolute atomic E-state index is 0.223. The molecule has 168 valence electrons. The normalized spacial score (nSPS) is 20.3. The Hall–Kier alpha value is -1.90. The molecule has 0 radical (unpaired) electrons. The molecule has 2 fully saturated rings. The summed E-state index contributed by atoms with van der Waals surface area (Å²) in [6, 6.07) is 5.19. The predicted molar refractivity (Wildman–Crippen MR) is 116 cm³/mol. The molecular formula is C22H35FN4O3. The Morgan fingerprint density at radius 2 is 1.93 bits per heavy atom. The quantitative estimate of drug-likeness (QED) is 0.537. The van der Waals surface area contributed by atoms with Gasteiger partial charge in [-0.25, -0.2) is 4.39 Å². The first-order chi connectivity index (χ1) is 14.6. The third-order valence-electron chi connectivity index (χ3n) is 5.98. The third kappa shape index (κ3) is 5.83. The average Bonchev–Trinajstić information content (AvgIpc) is 2.78. The second-order valence-electron chi connectivity index (χ2n) is 7.90.